The number of benzene rings is 1. The van der Waals surface area contributed by atoms with Gasteiger partial charge in [-0.25, -0.2) is 9.97 Å². The molecule has 0 amide bonds. The van der Waals surface area contributed by atoms with Crippen LogP contribution in [0.2, 0.25) is 0 Å². The van der Waals surface area contributed by atoms with Gasteiger partial charge in [-0.15, -0.1) is 0 Å². The molecule has 6 nitrogen and oxygen atoms in total. The van der Waals surface area contributed by atoms with Gasteiger partial charge in [-0.2, -0.15) is 0 Å². The van der Waals surface area contributed by atoms with Gasteiger partial charge in [0, 0.05) is 25.5 Å². The largest absolute Gasteiger partial charge is 0.452 e. The molecular weight excluding hydrogens is 364 g/mol. The molecule has 3 aromatic rings. The molecule has 1 aromatic carbocycles. The molecule has 0 aliphatic carbocycles. The minimum atomic E-state index is 0.357. The normalized spacial score (nSPS) is 21.2. The summed E-state index contributed by atoms with van der Waals surface area (Å²) >= 11 is 0. The van der Waals surface area contributed by atoms with Gasteiger partial charge in [-0.3, -0.25) is 4.40 Å². The molecule has 4 heterocycles. The molecule has 2 aliphatic rings. The second-order valence-corrected chi connectivity index (χ2v) is 8.66. The number of nitrogens with zero attached hydrogens (tertiary/aromatic N) is 4. The topological polar surface area (TPSA) is 51.9 Å². The Hall–Kier alpha value is -2.60. The molecule has 5 rings (SSSR count). The van der Waals surface area contributed by atoms with Gasteiger partial charge < -0.3 is 14.4 Å². The zero-order valence-corrected chi connectivity index (χ0v) is 17.4. The first-order chi connectivity index (χ1) is 14.0. The second-order valence-electron chi connectivity index (χ2n) is 8.66. The van der Waals surface area contributed by atoms with E-state index >= 15 is 0 Å². The van der Waals surface area contributed by atoms with Crippen LogP contribution in [0.15, 0.2) is 36.8 Å². The first-order valence-electron chi connectivity index (χ1n) is 10.5. The van der Waals surface area contributed by atoms with Gasteiger partial charge in [0.25, 0.3) is 0 Å². The van der Waals surface area contributed by atoms with Crippen LogP contribution in [0.4, 0.5) is 5.95 Å². The fourth-order valence-electron chi connectivity index (χ4n) is 4.72. The summed E-state index contributed by atoms with van der Waals surface area (Å²) in [4.78, 5) is 11.7. The van der Waals surface area contributed by atoms with E-state index in [1.807, 2.05) is 35.1 Å². The number of imidazole rings is 1. The van der Waals surface area contributed by atoms with Gasteiger partial charge in [0.05, 0.1) is 18.9 Å². The fraction of sp³-hybridized carbons (Fsp3) is 0.478. The molecule has 29 heavy (non-hydrogen) atoms. The van der Waals surface area contributed by atoms with Crippen LogP contribution in [-0.2, 0) is 4.74 Å². The molecule has 6 heteroatoms. The van der Waals surface area contributed by atoms with E-state index in [1.54, 1.807) is 0 Å². The number of hydrogen-bond acceptors (Lipinski definition) is 5. The van der Waals surface area contributed by atoms with Crippen LogP contribution in [0.1, 0.15) is 37.3 Å². The van der Waals surface area contributed by atoms with Gasteiger partial charge in [0.1, 0.15) is 5.75 Å². The molecule has 2 saturated heterocycles. The molecule has 0 saturated carbocycles. The highest BCUT2D eigenvalue weighted by Gasteiger charge is 2.41. The third-order valence-electron chi connectivity index (χ3n) is 6.65. The first kappa shape index (κ1) is 18.4. The molecule has 0 N–H and O–H groups in total. The lowest BCUT2D eigenvalue weighted by atomic mass is 9.77. The van der Waals surface area contributed by atoms with E-state index < -0.39 is 0 Å². The highest BCUT2D eigenvalue weighted by Crippen LogP contribution is 2.42. The minimum Gasteiger partial charge on any atom is -0.452 e. The van der Waals surface area contributed by atoms with Crippen molar-refractivity contribution < 1.29 is 9.47 Å². The van der Waals surface area contributed by atoms with Crippen molar-refractivity contribution in [1.82, 2.24) is 14.4 Å². The van der Waals surface area contributed by atoms with Crippen molar-refractivity contribution >= 4 is 11.6 Å². The number of rotatable bonds is 3. The van der Waals surface area contributed by atoms with Gasteiger partial charge >= 0.3 is 0 Å². The maximum atomic E-state index is 6.21. The maximum absolute atomic E-state index is 6.21. The van der Waals surface area contributed by atoms with E-state index in [4.69, 9.17) is 14.5 Å². The monoisotopic (exact) mass is 392 g/mol. The van der Waals surface area contributed by atoms with Gasteiger partial charge in [-0.05, 0) is 62.6 Å². The fourth-order valence-corrected chi connectivity index (χ4v) is 4.72. The van der Waals surface area contributed by atoms with Crippen molar-refractivity contribution in [3.8, 4) is 11.5 Å². The van der Waals surface area contributed by atoms with Crippen molar-refractivity contribution in [2.75, 3.05) is 24.6 Å². The Morgan fingerprint density at radius 1 is 1.14 bits per heavy atom. The lowest BCUT2D eigenvalue weighted by Crippen LogP contribution is -2.41. The van der Waals surface area contributed by atoms with E-state index in [0.717, 1.165) is 55.4 Å². The molecule has 2 fully saturated rings. The van der Waals surface area contributed by atoms with Crippen molar-refractivity contribution in [3.05, 3.63) is 47.9 Å². The van der Waals surface area contributed by atoms with Crippen molar-refractivity contribution in [2.45, 2.75) is 46.1 Å². The summed E-state index contributed by atoms with van der Waals surface area (Å²) in [6, 6.07) is 6.09. The molecule has 1 atom stereocenters. The average molecular weight is 393 g/mol. The smallest absolute Gasteiger partial charge is 0.211 e. The molecule has 0 bridgehead atoms. The third kappa shape index (κ3) is 3.25. The zero-order chi connectivity index (χ0) is 20.0. The molecule has 1 spiro atoms. The zero-order valence-electron chi connectivity index (χ0n) is 17.4. The second kappa shape index (κ2) is 7.02. The SMILES string of the molecule is Cc1cccc(Oc2cnc(N3CCC4(CC3)CO[C@@H](C)C4)n3ccnc23)c1C. The summed E-state index contributed by atoms with van der Waals surface area (Å²) < 4.78 is 14.1. The predicted octanol–water partition coefficient (Wildman–Crippen LogP) is 4.53. The molecule has 0 radical (unpaired) electrons. The van der Waals surface area contributed by atoms with Crippen molar-refractivity contribution in [1.29, 1.82) is 0 Å². The quantitative estimate of drug-likeness (QED) is 0.655. The number of anilines is 1. The number of fused-ring (bicyclic) bond motifs is 1. The Kier molecular flexibility index (Phi) is 4.46. The van der Waals surface area contributed by atoms with E-state index in [-0.39, 0.29) is 0 Å². The number of hydrogen-bond donors (Lipinski definition) is 0. The van der Waals surface area contributed by atoms with Crippen LogP contribution in [0.3, 0.4) is 0 Å². The van der Waals surface area contributed by atoms with Gasteiger partial charge in [0.2, 0.25) is 5.95 Å². The Balaban J connectivity index is 1.40. The van der Waals surface area contributed by atoms with Crippen LogP contribution in [0.25, 0.3) is 5.65 Å². The Labute approximate surface area is 171 Å². The maximum Gasteiger partial charge on any atom is 0.211 e. The Morgan fingerprint density at radius 3 is 2.72 bits per heavy atom. The average Bonchev–Trinajstić information content (AvgIpc) is 3.34. The van der Waals surface area contributed by atoms with Crippen LogP contribution < -0.4 is 9.64 Å². The summed E-state index contributed by atoms with van der Waals surface area (Å²) in [7, 11) is 0. The predicted molar refractivity (Wildman–Crippen MR) is 113 cm³/mol. The van der Waals surface area contributed by atoms with E-state index in [0.29, 0.717) is 17.3 Å². The lowest BCUT2D eigenvalue weighted by molar-refractivity contribution is 0.0975. The molecule has 2 aromatic heterocycles. The highest BCUT2D eigenvalue weighted by atomic mass is 16.5. The number of ether oxygens (including phenoxy) is 2. The lowest BCUT2D eigenvalue weighted by Gasteiger charge is -2.39. The molecule has 152 valence electrons. The number of piperidine rings is 1. The molecular formula is C23H28N4O2. The Bertz CT molecular complexity index is 1040. The van der Waals surface area contributed by atoms with E-state index in [2.05, 4.69) is 36.7 Å². The first-order valence-corrected chi connectivity index (χ1v) is 10.5. The number of aromatic nitrogens is 3. The summed E-state index contributed by atoms with van der Waals surface area (Å²) in [5.74, 6) is 2.46. The van der Waals surface area contributed by atoms with Crippen LogP contribution in [0, 0.1) is 19.3 Å². The van der Waals surface area contributed by atoms with Crippen LogP contribution in [0.5, 0.6) is 11.5 Å². The summed E-state index contributed by atoms with van der Waals surface area (Å²) in [6.07, 6.45) is 9.46. The van der Waals surface area contributed by atoms with Crippen molar-refractivity contribution in [3.63, 3.8) is 0 Å². The Morgan fingerprint density at radius 2 is 1.97 bits per heavy atom. The summed E-state index contributed by atoms with van der Waals surface area (Å²) in [6.45, 7) is 9.24. The summed E-state index contributed by atoms with van der Waals surface area (Å²) in [5, 5.41) is 0. The van der Waals surface area contributed by atoms with Crippen LogP contribution in [-0.4, -0.2) is 40.2 Å². The molecule has 0 unspecified atom stereocenters. The summed E-state index contributed by atoms with van der Waals surface area (Å²) in [5.41, 5.74) is 3.50. The minimum absolute atomic E-state index is 0.357. The van der Waals surface area contributed by atoms with E-state index in [9.17, 15) is 0 Å². The number of aryl methyl sites for hydroxylation is 1. The van der Waals surface area contributed by atoms with E-state index in [1.165, 1.54) is 12.0 Å². The van der Waals surface area contributed by atoms with Gasteiger partial charge in [0.15, 0.2) is 11.4 Å². The van der Waals surface area contributed by atoms with Crippen molar-refractivity contribution in [2.24, 2.45) is 5.41 Å². The van der Waals surface area contributed by atoms with Crippen LogP contribution >= 0.6 is 0 Å². The van der Waals surface area contributed by atoms with Gasteiger partial charge in [-0.1, -0.05) is 12.1 Å². The highest BCUT2D eigenvalue weighted by molar-refractivity contribution is 5.59. The molecule has 2 aliphatic heterocycles. The standard InChI is InChI=1S/C23H28N4O2/c1-16-5-4-6-19(18(16)3)29-20-14-25-22(27-12-9-24-21(20)27)26-10-7-23(8-11-26)13-17(2)28-15-23/h4-6,9,12,14,17H,7-8,10-11,13,15H2,1-3H3/t17-/m0/s1. The third-order valence-corrected chi connectivity index (χ3v) is 6.65.